The van der Waals surface area contributed by atoms with Crippen molar-refractivity contribution in [3.63, 3.8) is 0 Å². The van der Waals surface area contributed by atoms with E-state index in [1.807, 2.05) is 24.3 Å². The van der Waals surface area contributed by atoms with Crippen molar-refractivity contribution in [2.45, 2.75) is 18.8 Å². The van der Waals surface area contributed by atoms with Crippen molar-refractivity contribution < 1.29 is 4.79 Å². The Kier molecular flexibility index (Phi) is 2.07. The summed E-state index contributed by atoms with van der Waals surface area (Å²) in [6.07, 6.45) is 2.36. The van der Waals surface area contributed by atoms with Gasteiger partial charge in [0.1, 0.15) is 0 Å². The van der Waals surface area contributed by atoms with Gasteiger partial charge in [-0.15, -0.1) is 0 Å². The topological polar surface area (TPSA) is 58.9 Å². The maximum atomic E-state index is 11.9. The number of aromatic nitrogens is 1. The van der Waals surface area contributed by atoms with Gasteiger partial charge in [-0.05, 0) is 24.8 Å². The predicted molar refractivity (Wildman–Crippen MR) is 63.7 cm³/mol. The Labute approximate surface area is 93.6 Å². The van der Waals surface area contributed by atoms with Crippen LogP contribution in [-0.4, -0.2) is 17.3 Å². The van der Waals surface area contributed by atoms with E-state index in [1.165, 1.54) is 12.8 Å². The van der Waals surface area contributed by atoms with Crippen LogP contribution in [0.2, 0.25) is 0 Å². The number of fused-ring (bicyclic) bond motifs is 1. The van der Waals surface area contributed by atoms with Gasteiger partial charge in [-0.25, -0.2) is 0 Å². The molecule has 3 rings (SSSR count). The number of carbonyl (C=O) groups is 1. The van der Waals surface area contributed by atoms with Crippen LogP contribution in [0.15, 0.2) is 24.3 Å². The summed E-state index contributed by atoms with van der Waals surface area (Å²) in [5, 5.41) is 1.01. The number of hydrogen-bond acceptors (Lipinski definition) is 2. The first kappa shape index (κ1) is 9.60. The Bertz CT molecular complexity index is 552. The molecule has 1 aliphatic carbocycles. The van der Waals surface area contributed by atoms with Crippen molar-refractivity contribution >= 4 is 16.7 Å². The van der Waals surface area contributed by atoms with Gasteiger partial charge in [0, 0.05) is 22.2 Å². The zero-order chi connectivity index (χ0) is 11.1. The first-order valence-corrected chi connectivity index (χ1v) is 5.65. The van der Waals surface area contributed by atoms with Gasteiger partial charge in [-0.1, -0.05) is 18.2 Å². The second kappa shape index (κ2) is 3.46. The molecule has 3 N–H and O–H groups in total. The Balaban J connectivity index is 2.27. The van der Waals surface area contributed by atoms with Crippen LogP contribution in [0.5, 0.6) is 0 Å². The average molecular weight is 214 g/mol. The zero-order valence-corrected chi connectivity index (χ0v) is 8.99. The number of carbonyl (C=O) groups excluding carboxylic acids is 1. The Morgan fingerprint density at radius 3 is 2.81 bits per heavy atom. The number of benzene rings is 1. The van der Waals surface area contributed by atoms with Crippen LogP contribution in [-0.2, 0) is 0 Å². The lowest BCUT2D eigenvalue weighted by Gasteiger charge is -2.00. The Morgan fingerprint density at radius 1 is 1.38 bits per heavy atom. The van der Waals surface area contributed by atoms with Crippen molar-refractivity contribution in [2.75, 3.05) is 6.54 Å². The van der Waals surface area contributed by atoms with E-state index < -0.39 is 0 Å². The molecule has 1 saturated carbocycles. The van der Waals surface area contributed by atoms with Gasteiger partial charge in [0.15, 0.2) is 5.78 Å². The summed E-state index contributed by atoms with van der Waals surface area (Å²) in [6.45, 7) is 0.0849. The van der Waals surface area contributed by atoms with Gasteiger partial charge in [0.25, 0.3) is 0 Å². The van der Waals surface area contributed by atoms with Crippen LogP contribution < -0.4 is 5.73 Å². The molecule has 0 saturated heterocycles. The van der Waals surface area contributed by atoms with E-state index in [1.54, 1.807) is 0 Å². The molecule has 82 valence electrons. The standard InChI is InChI=1S/C13H14N2O/c14-7-11(16)12-9-3-1-2-4-10(9)15-13(12)8-5-6-8/h1-4,8,15H,5-7,14H2. The molecule has 2 aromatic rings. The normalized spacial score (nSPS) is 15.6. The highest BCUT2D eigenvalue weighted by molar-refractivity contribution is 6.10. The lowest BCUT2D eigenvalue weighted by Crippen LogP contribution is -2.14. The molecule has 0 aliphatic heterocycles. The second-order valence-electron chi connectivity index (χ2n) is 4.36. The molecule has 0 amide bonds. The van der Waals surface area contributed by atoms with E-state index in [9.17, 15) is 4.79 Å². The van der Waals surface area contributed by atoms with E-state index >= 15 is 0 Å². The van der Waals surface area contributed by atoms with Crippen molar-refractivity contribution in [1.82, 2.24) is 4.98 Å². The molecule has 3 nitrogen and oxygen atoms in total. The SMILES string of the molecule is NCC(=O)c1c(C2CC2)[nH]c2ccccc12. The number of para-hydroxylation sites is 1. The molecule has 0 spiro atoms. The van der Waals surface area contributed by atoms with Crippen molar-refractivity contribution in [2.24, 2.45) is 5.73 Å². The summed E-state index contributed by atoms with van der Waals surface area (Å²) in [5.74, 6) is 0.581. The molecular formula is C13H14N2O. The number of H-pyrrole nitrogens is 1. The van der Waals surface area contributed by atoms with Crippen LogP contribution >= 0.6 is 0 Å². The Hall–Kier alpha value is -1.61. The number of ketones is 1. The van der Waals surface area contributed by atoms with E-state index in [0.29, 0.717) is 5.92 Å². The summed E-state index contributed by atoms with van der Waals surface area (Å²) in [4.78, 5) is 15.3. The first-order valence-electron chi connectivity index (χ1n) is 5.65. The molecule has 1 aromatic heterocycles. The van der Waals surface area contributed by atoms with Crippen molar-refractivity contribution in [1.29, 1.82) is 0 Å². The smallest absolute Gasteiger partial charge is 0.178 e. The highest BCUT2D eigenvalue weighted by atomic mass is 16.1. The minimum Gasteiger partial charge on any atom is -0.358 e. The number of rotatable bonds is 3. The van der Waals surface area contributed by atoms with Gasteiger partial charge < -0.3 is 10.7 Å². The molecule has 3 heteroatoms. The lowest BCUT2D eigenvalue weighted by atomic mass is 10.0. The maximum Gasteiger partial charge on any atom is 0.178 e. The largest absolute Gasteiger partial charge is 0.358 e. The average Bonchev–Trinajstić information content (AvgIpc) is 3.09. The van der Waals surface area contributed by atoms with Crippen LogP contribution in [0.4, 0.5) is 0 Å². The summed E-state index contributed by atoms with van der Waals surface area (Å²) in [7, 11) is 0. The second-order valence-corrected chi connectivity index (χ2v) is 4.36. The number of Topliss-reactive ketones (excluding diaryl/α,β-unsaturated/α-hetero) is 1. The van der Waals surface area contributed by atoms with Gasteiger partial charge in [-0.3, -0.25) is 4.79 Å². The van der Waals surface area contributed by atoms with Crippen LogP contribution in [0.1, 0.15) is 34.8 Å². The van der Waals surface area contributed by atoms with Crippen LogP contribution in [0.25, 0.3) is 10.9 Å². The zero-order valence-electron chi connectivity index (χ0n) is 8.99. The lowest BCUT2D eigenvalue weighted by molar-refractivity contribution is 0.100. The molecule has 1 aliphatic rings. The molecular weight excluding hydrogens is 200 g/mol. The van der Waals surface area contributed by atoms with Crippen molar-refractivity contribution in [3.05, 3.63) is 35.5 Å². The third-order valence-corrected chi connectivity index (χ3v) is 3.18. The molecule has 0 atom stereocenters. The quantitative estimate of drug-likeness (QED) is 0.769. The summed E-state index contributed by atoms with van der Waals surface area (Å²) in [6, 6.07) is 7.93. The molecule has 0 bridgehead atoms. The van der Waals surface area contributed by atoms with Crippen molar-refractivity contribution in [3.8, 4) is 0 Å². The highest BCUT2D eigenvalue weighted by Gasteiger charge is 2.30. The summed E-state index contributed by atoms with van der Waals surface area (Å²) in [5.41, 5.74) is 8.44. The third-order valence-electron chi connectivity index (χ3n) is 3.18. The number of nitrogens with one attached hydrogen (secondary N) is 1. The first-order chi connectivity index (χ1) is 7.81. The van der Waals surface area contributed by atoms with E-state index in [0.717, 1.165) is 22.2 Å². The summed E-state index contributed by atoms with van der Waals surface area (Å²) < 4.78 is 0. The molecule has 0 radical (unpaired) electrons. The van der Waals surface area contributed by atoms with Crippen LogP contribution in [0, 0.1) is 0 Å². The minimum absolute atomic E-state index is 0.0411. The molecule has 1 heterocycles. The third kappa shape index (κ3) is 1.36. The van der Waals surface area contributed by atoms with Gasteiger partial charge >= 0.3 is 0 Å². The van der Waals surface area contributed by atoms with Gasteiger partial charge in [0.05, 0.1) is 6.54 Å². The van der Waals surface area contributed by atoms with E-state index in [4.69, 9.17) is 5.73 Å². The monoisotopic (exact) mass is 214 g/mol. The molecule has 1 aromatic carbocycles. The van der Waals surface area contributed by atoms with E-state index in [2.05, 4.69) is 4.98 Å². The molecule has 16 heavy (non-hydrogen) atoms. The Morgan fingerprint density at radius 2 is 2.12 bits per heavy atom. The molecule has 1 fully saturated rings. The molecule has 0 unspecified atom stereocenters. The fourth-order valence-electron chi connectivity index (χ4n) is 2.24. The van der Waals surface area contributed by atoms with Gasteiger partial charge in [-0.2, -0.15) is 0 Å². The van der Waals surface area contributed by atoms with E-state index in [-0.39, 0.29) is 12.3 Å². The highest BCUT2D eigenvalue weighted by Crippen LogP contribution is 2.43. The number of hydrogen-bond donors (Lipinski definition) is 2. The fourth-order valence-corrected chi connectivity index (χ4v) is 2.24. The minimum atomic E-state index is 0.0411. The maximum absolute atomic E-state index is 11.9. The number of nitrogens with two attached hydrogens (primary N) is 1. The summed E-state index contributed by atoms with van der Waals surface area (Å²) >= 11 is 0. The fraction of sp³-hybridized carbons (Fsp3) is 0.308. The van der Waals surface area contributed by atoms with Crippen LogP contribution in [0.3, 0.4) is 0 Å². The number of aromatic amines is 1. The predicted octanol–water partition coefficient (Wildman–Crippen LogP) is 2.19. The van der Waals surface area contributed by atoms with Gasteiger partial charge in [0.2, 0.25) is 0 Å².